The number of hydrogen-bond acceptors (Lipinski definition) is 4. The highest BCUT2D eigenvalue weighted by Crippen LogP contribution is 2.31. The molecule has 2 aromatic rings. The van der Waals surface area contributed by atoms with Gasteiger partial charge in [-0.1, -0.05) is 0 Å². The maximum Gasteiger partial charge on any atom is 0.181 e. The van der Waals surface area contributed by atoms with E-state index < -0.39 is 6.17 Å². The number of ether oxygens (including phenoxy) is 1. The van der Waals surface area contributed by atoms with Crippen molar-refractivity contribution in [1.82, 2.24) is 14.8 Å². The van der Waals surface area contributed by atoms with Crippen molar-refractivity contribution in [3.8, 4) is 17.1 Å². The number of alkyl halides is 1. The summed E-state index contributed by atoms with van der Waals surface area (Å²) in [4.78, 5) is 4.28. The van der Waals surface area contributed by atoms with Crippen LogP contribution in [0.25, 0.3) is 11.4 Å². The van der Waals surface area contributed by atoms with Gasteiger partial charge in [0, 0.05) is 12.1 Å². The summed E-state index contributed by atoms with van der Waals surface area (Å²) in [5, 5.41) is 4.34. The van der Waals surface area contributed by atoms with Crippen LogP contribution < -0.4 is 10.5 Å². The average Bonchev–Trinajstić information content (AvgIpc) is 2.84. The minimum Gasteiger partial charge on any atom is -0.495 e. The monoisotopic (exact) mass is 262 g/mol. The van der Waals surface area contributed by atoms with Crippen LogP contribution in [0.15, 0.2) is 18.2 Å². The highest BCUT2D eigenvalue weighted by molar-refractivity contribution is 5.66. The van der Waals surface area contributed by atoms with E-state index in [1.165, 1.54) is 0 Å². The van der Waals surface area contributed by atoms with Crippen molar-refractivity contribution in [2.45, 2.75) is 25.6 Å². The second kappa shape index (κ2) is 4.53. The molecule has 100 valence electrons. The normalized spacial score (nSPS) is 18.1. The highest BCUT2D eigenvalue weighted by atomic mass is 19.1. The van der Waals surface area contributed by atoms with Crippen LogP contribution in [0.5, 0.6) is 5.75 Å². The number of halogens is 1. The van der Waals surface area contributed by atoms with E-state index in [1.807, 2.05) is 6.07 Å². The number of benzene rings is 1. The first-order valence-electron chi connectivity index (χ1n) is 6.21. The van der Waals surface area contributed by atoms with E-state index in [0.29, 0.717) is 36.1 Å². The first-order chi connectivity index (χ1) is 9.19. The second-order valence-electron chi connectivity index (χ2n) is 4.58. The van der Waals surface area contributed by atoms with Gasteiger partial charge in [0.25, 0.3) is 0 Å². The summed E-state index contributed by atoms with van der Waals surface area (Å²) in [5.41, 5.74) is 7.15. The predicted molar refractivity (Wildman–Crippen MR) is 69.5 cm³/mol. The molecule has 1 aromatic carbocycles. The second-order valence-corrected chi connectivity index (χ2v) is 4.58. The maximum absolute atomic E-state index is 13.7. The van der Waals surface area contributed by atoms with E-state index in [-0.39, 0.29) is 0 Å². The van der Waals surface area contributed by atoms with Crippen molar-refractivity contribution in [2.24, 2.45) is 0 Å². The summed E-state index contributed by atoms with van der Waals surface area (Å²) in [6.45, 7) is 0.717. The van der Waals surface area contributed by atoms with E-state index in [2.05, 4.69) is 10.1 Å². The molecule has 1 aromatic heterocycles. The molecule has 1 atom stereocenters. The predicted octanol–water partition coefficient (Wildman–Crippen LogP) is 2.34. The summed E-state index contributed by atoms with van der Waals surface area (Å²) in [7, 11) is 1.56. The summed E-state index contributed by atoms with van der Waals surface area (Å²) in [6.07, 6.45) is 0.288. The molecule has 0 saturated heterocycles. The molecule has 5 nitrogen and oxygen atoms in total. The van der Waals surface area contributed by atoms with Crippen LogP contribution in [-0.2, 0) is 6.54 Å². The lowest BCUT2D eigenvalue weighted by Gasteiger charge is -2.14. The van der Waals surface area contributed by atoms with Crippen molar-refractivity contribution in [3.63, 3.8) is 0 Å². The Hall–Kier alpha value is -2.11. The van der Waals surface area contributed by atoms with E-state index in [4.69, 9.17) is 10.5 Å². The van der Waals surface area contributed by atoms with Crippen molar-refractivity contribution < 1.29 is 9.13 Å². The van der Waals surface area contributed by atoms with Gasteiger partial charge in [-0.25, -0.2) is 14.1 Å². The van der Waals surface area contributed by atoms with Crippen LogP contribution in [0.4, 0.5) is 10.1 Å². The van der Waals surface area contributed by atoms with Crippen LogP contribution in [0.3, 0.4) is 0 Å². The fourth-order valence-corrected chi connectivity index (χ4v) is 2.30. The van der Waals surface area contributed by atoms with Crippen LogP contribution in [0.2, 0.25) is 0 Å². The van der Waals surface area contributed by atoms with Gasteiger partial charge in [-0.15, -0.1) is 0 Å². The highest BCUT2D eigenvalue weighted by Gasteiger charge is 2.24. The number of nitrogens with zero attached hydrogens (tertiary/aromatic N) is 3. The zero-order chi connectivity index (χ0) is 13.4. The van der Waals surface area contributed by atoms with Gasteiger partial charge >= 0.3 is 0 Å². The number of rotatable bonds is 2. The Balaban J connectivity index is 2.01. The van der Waals surface area contributed by atoms with Gasteiger partial charge in [0.2, 0.25) is 0 Å². The molecule has 1 aliphatic heterocycles. The third-order valence-electron chi connectivity index (χ3n) is 3.30. The number of aryl methyl sites for hydroxylation is 1. The topological polar surface area (TPSA) is 66.0 Å². The number of nitrogen functional groups attached to an aromatic ring is 1. The Morgan fingerprint density at radius 2 is 2.32 bits per heavy atom. The Morgan fingerprint density at radius 1 is 1.47 bits per heavy atom. The number of nitrogens with two attached hydrogens (primary N) is 1. The van der Waals surface area contributed by atoms with Gasteiger partial charge in [-0.2, -0.15) is 5.10 Å². The largest absolute Gasteiger partial charge is 0.495 e. The smallest absolute Gasteiger partial charge is 0.181 e. The molecule has 0 spiro atoms. The lowest BCUT2D eigenvalue weighted by Crippen LogP contribution is -2.14. The lowest BCUT2D eigenvalue weighted by atomic mass is 10.1. The molecular formula is C13H15FN4O. The van der Waals surface area contributed by atoms with E-state index >= 15 is 0 Å². The van der Waals surface area contributed by atoms with E-state index in [0.717, 1.165) is 12.0 Å². The summed E-state index contributed by atoms with van der Waals surface area (Å²) < 4.78 is 20.5. The molecule has 2 N–H and O–H groups in total. The fourth-order valence-electron chi connectivity index (χ4n) is 2.30. The quantitative estimate of drug-likeness (QED) is 0.844. The molecule has 0 saturated carbocycles. The van der Waals surface area contributed by atoms with Gasteiger partial charge in [-0.3, -0.25) is 0 Å². The summed E-state index contributed by atoms with van der Waals surface area (Å²) in [6, 6.07) is 5.33. The Morgan fingerprint density at radius 3 is 3.00 bits per heavy atom. The third-order valence-corrected chi connectivity index (χ3v) is 3.30. The average molecular weight is 262 g/mol. The van der Waals surface area contributed by atoms with Crippen LogP contribution in [0, 0.1) is 0 Å². The lowest BCUT2D eigenvalue weighted by molar-refractivity contribution is 0.252. The zero-order valence-electron chi connectivity index (χ0n) is 10.6. The minimum atomic E-state index is -1.02. The number of anilines is 1. The Bertz CT molecular complexity index is 611. The Kier molecular flexibility index (Phi) is 2.85. The van der Waals surface area contributed by atoms with Crippen LogP contribution >= 0.6 is 0 Å². The summed E-state index contributed by atoms with van der Waals surface area (Å²) >= 11 is 0. The van der Waals surface area contributed by atoms with Crippen molar-refractivity contribution >= 4 is 5.69 Å². The first-order valence-corrected chi connectivity index (χ1v) is 6.21. The molecule has 0 amide bonds. The molecule has 0 aliphatic carbocycles. The summed E-state index contributed by atoms with van der Waals surface area (Å²) in [5.74, 6) is 1.53. The fraction of sp³-hybridized carbons (Fsp3) is 0.385. The Labute approximate surface area is 110 Å². The van der Waals surface area contributed by atoms with Gasteiger partial charge in [0.15, 0.2) is 17.8 Å². The van der Waals surface area contributed by atoms with Crippen molar-refractivity contribution in [1.29, 1.82) is 0 Å². The van der Waals surface area contributed by atoms with Gasteiger partial charge in [0.1, 0.15) is 5.75 Å². The maximum atomic E-state index is 13.7. The van der Waals surface area contributed by atoms with Gasteiger partial charge < -0.3 is 10.5 Å². The molecular weight excluding hydrogens is 247 g/mol. The van der Waals surface area contributed by atoms with E-state index in [1.54, 1.807) is 23.9 Å². The van der Waals surface area contributed by atoms with Gasteiger partial charge in [0.05, 0.1) is 12.8 Å². The number of hydrogen-bond donors (Lipinski definition) is 1. The standard InChI is InChI=1S/C13H15FN4O/c1-19-11-5-4-8(7-10(11)15)12-16-13-9(14)3-2-6-18(13)17-12/h4-5,7,9H,2-3,6,15H2,1H3. The molecule has 0 bridgehead atoms. The first kappa shape index (κ1) is 12.0. The van der Waals surface area contributed by atoms with Crippen molar-refractivity contribution in [2.75, 3.05) is 12.8 Å². The van der Waals surface area contributed by atoms with E-state index in [9.17, 15) is 4.39 Å². The SMILES string of the molecule is COc1ccc(-c2nc3n(n2)CCCC3F)cc1N. The number of methoxy groups -OCH3 is 1. The third kappa shape index (κ3) is 2.03. The molecule has 19 heavy (non-hydrogen) atoms. The van der Waals surface area contributed by atoms with Crippen LogP contribution in [0.1, 0.15) is 24.8 Å². The molecule has 0 fully saturated rings. The van der Waals surface area contributed by atoms with Gasteiger partial charge in [-0.05, 0) is 31.0 Å². The molecule has 0 radical (unpaired) electrons. The molecule has 3 rings (SSSR count). The zero-order valence-corrected chi connectivity index (χ0v) is 10.6. The number of aromatic nitrogens is 3. The number of fused-ring (bicyclic) bond motifs is 1. The molecule has 1 unspecified atom stereocenters. The van der Waals surface area contributed by atoms with Crippen molar-refractivity contribution in [3.05, 3.63) is 24.0 Å². The molecule has 6 heteroatoms. The molecule has 1 aliphatic rings. The minimum absolute atomic E-state index is 0.413. The van der Waals surface area contributed by atoms with Crippen LogP contribution in [-0.4, -0.2) is 21.9 Å². The molecule has 2 heterocycles.